The smallest absolute Gasteiger partial charge is 0.207 e. The van der Waals surface area contributed by atoms with Crippen LogP contribution in [0.1, 0.15) is 30.9 Å². The van der Waals surface area contributed by atoms with Crippen molar-refractivity contribution in [3.05, 3.63) is 28.3 Å². The molecule has 0 amide bonds. The molecule has 1 aliphatic rings. The van der Waals surface area contributed by atoms with E-state index in [1.165, 1.54) is 6.07 Å². The summed E-state index contributed by atoms with van der Waals surface area (Å²) in [6.07, 6.45) is 2.24. The maximum atomic E-state index is 12.8. The maximum Gasteiger partial charge on any atom is 0.243 e. The molecular formula is C14H19Cl2NO2S. The van der Waals surface area contributed by atoms with Gasteiger partial charge in [-0.25, -0.2) is 8.42 Å². The van der Waals surface area contributed by atoms with Crippen LogP contribution in [0.15, 0.2) is 17.0 Å². The normalized spacial score (nSPS) is 15.8. The van der Waals surface area contributed by atoms with E-state index >= 15 is 0 Å². The van der Waals surface area contributed by atoms with Crippen LogP contribution in [0.2, 0.25) is 5.02 Å². The predicted molar refractivity (Wildman–Crippen MR) is 82.9 cm³/mol. The molecule has 3 nitrogen and oxygen atoms in total. The standard InChI is InChI=1S/C14H19Cl2NO2S/c1-3-17(9-11-4-5-11)20(18,19)14-7-13(16)6-12(8-15)10(14)2/h6-7,11H,3-5,8-9H2,1-2H3. The van der Waals surface area contributed by atoms with Gasteiger partial charge >= 0.3 is 0 Å². The molecule has 1 saturated carbocycles. The summed E-state index contributed by atoms with van der Waals surface area (Å²) in [6, 6.07) is 3.25. The van der Waals surface area contributed by atoms with Crippen molar-refractivity contribution in [1.82, 2.24) is 4.31 Å². The van der Waals surface area contributed by atoms with Crippen molar-refractivity contribution < 1.29 is 8.42 Å². The highest BCUT2D eigenvalue weighted by Gasteiger charge is 2.32. The number of rotatable bonds is 6. The number of benzene rings is 1. The second-order valence-corrected chi connectivity index (χ2v) is 7.83. The van der Waals surface area contributed by atoms with Gasteiger partial charge in [-0.05, 0) is 48.9 Å². The minimum atomic E-state index is -3.50. The second kappa shape index (κ2) is 6.22. The van der Waals surface area contributed by atoms with Crippen LogP contribution in [0.25, 0.3) is 0 Å². The van der Waals surface area contributed by atoms with Crippen LogP contribution in [0.5, 0.6) is 0 Å². The monoisotopic (exact) mass is 335 g/mol. The molecule has 112 valence electrons. The number of hydrogen-bond donors (Lipinski definition) is 0. The molecule has 1 aliphatic carbocycles. The Morgan fingerprint density at radius 1 is 1.35 bits per heavy atom. The first-order valence-electron chi connectivity index (χ1n) is 6.75. The van der Waals surface area contributed by atoms with E-state index in [-0.39, 0.29) is 10.8 Å². The zero-order chi connectivity index (χ0) is 14.9. The van der Waals surface area contributed by atoms with Crippen LogP contribution in [0.4, 0.5) is 0 Å². The van der Waals surface area contributed by atoms with Gasteiger partial charge in [-0.3, -0.25) is 0 Å². The van der Waals surface area contributed by atoms with Crippen molar-refractivity contribution in [3.63, 3.8) is 0 Å². The number of halogens is 2. The van der Waals surface area contributed by atoms with Gasteiger partial charge in [-0.1, -0.05) is 18.5 Å². The van der Waals surface area contributed by atoms with Crippen LogP contribution in [-0.4, -0.2) is 25.8 Å². The lowest BCUT2D eigenvalue weighted by Crippen LogP contribution is -2.33. The summed E-state index contributed by atoms with van der Waals surface area (Å²) >= 11 is 11.9. The molecule has 1 aromatic rings. The van der Waals surface area contributed by atoms with E-state index in [0.717, 1.165) is 18.4 Å². The Morgan fingerprint density at radius 2 is 2.00 bits per heavy atom. The van der Waals surface area contributed by atoms with E-state index in [2.05, 4.69) is 0 Å². The summed E-state index contributed by atoms with van der Waals surface area (Å²) < 4.78 is 27.1. The molecular weight excluding hydrogens is 317 g/mol. The Kier molecular flexibility index (Phi) is 5.00. The molecule has 2 rings (SSSR count). The Balaban J connectivity index is 2.44. The highest BCUT2D eigenvalue weighted by Crippen LogP contribution is 2.33. The highest BCUT2D eigenvalue weighted by atomic mass is 35.5. The molecule has 0 heterocycles. The van der Waals surface area contributed by atoms with Crippen LogP contribution in [0, 0.1) is 12.8 Å². The largest absolute Gasteiger partial charge is 0.243 e. The van der Waals surface area contributed by atoms with Crippen molar-refractivity contribution in [2.45, 2.75) is 37.5 Å². The van der Waals surface area contributed by atoms with Crippen LogP contribution < -0.4 is 0 Å². The SMILES string of the molecule is CCN(CC1CC1)S(=O)(=O)c1cc(Cl)cc(CCl)c1C. The quantitative estimate of drug-likeness (QED) is 0.741. The zero-order valence-electron chi connectivity index (χ0n) is 11.7. The average Bonchev–Trinajstić information content (AvgIpc) is 3.21. The maximum absolute atomic E-state index is 12.8. The number of hydrogen-bond acceptors (Lipinski definition) is 2. The number of nitrogens with zero attached hydrogens (tertiary/aromatic N) is 1. The van der Waals surface area contributed by atoms with Gasteiger partial charge in [0.15, 0.2) is 0 Å². The lowest BCUT2D eigenvalue weighted by molar-refractivity contribution is 0.411. The minimum Gasteiger partial charge on any atom is -0.207 e. The Hall–Kier alpha value is -0.290. The molecule has 1 aromatic carbocycles. The topological polar surface area (TPSA) is 37.4 Å². The van der Waals surface area contributed by atoms with Gasteiger partial charge in [-0.15, -0.1) is 11.6 Å². The highest BCUT2D eigenvalue weighted by molar-refractivity contribution is 7.89. The van der Waals surface area contributed by atoms with Gasteiger partial charge in [0.1, 0.15) is 0 Å². The summed E-state index contributed by atoms with van der Waals surface area (Å²) in [5.41, 5.74) is 1.46. The molecule has 0 atom stereocenters. The van der Waals surface area contributed by atoms with E-state index in [0.29, 0.717) is 29.6 Å². The average molecular weight is 336 g/mol. The second-order valence-electron chi connectivity index (χ2n) is 5.22. The lowest BCUT2D eigenvalue weighted by atomic mass is 10.1. The first-order chi connectivity index (χ1) is 9.40. The van der Waals surface area contributed by atoms with E-state index < -0.39 is 10.0 Å². The molecule has 0 aliphatic heterocycles. The van der Waals surface area contributed by atoms with Gasteiger partial charge in [0.05, 0.1) is 4.90 Å². The summed E-state index contributed by atoms with van der Waals surface area (Å²) in [6.45, 7) is 4.72. The fraction of sp³-hybridized carbons (Fsp3) is 0.571. The molecule has 0 spiro atoms. The molecule has 0 bridgehead atoms. The van der Waals surface area contributed by atoms with Gasteiger partial charge in [0.2, 0.25) is 10.0 Å². The first-order valence-corrected chi connectivity index (χ1v) is 9.10. The Bertz CT molecular complexity index is 597. The molecule has 0 saturated heterocycles. The third-order valence-corrected chi connectivity index (χ3v) is 6.28. The summed E-state index contributed by atoms with van der Waals surface area (Å²) in [5, 5.41) is 0.410. The zero-order valence-corrected chi connectivity index (χ0v) is 14.0. The number of sulfonamides is 1. The molecule has 6 heteroatoms. The third kappa shape index (κ3) is 3.30. The summed E-state index contributed by atoms with van der Waals surface area (Å²) in [5.74, 6) is 0.764. The molecule has 0 unspecified atom stereocenters. The summed E-state index contributed by atoms with van der Waals surface area (Å²) in [7, 11) is -3.50. The van der Waals surface area contributed by atoms with Crippen LogP contribution >= 0.6 is 23.2 Å². The van der Waals surface area contributed by atoms with Crippen molar-refractivity contribution >= 4 is 33.2 Å². The van der Waals surface area contributed by atoms with Gasteiger partial charge < -0.3 is 0 Å². The van der Waals surface area contributed by atoms with Crippen molar-refractivity contribution in [3.8, 4) is 0 Å². The molecule has 0 radical (unpaired) electrons. The van der Waals surface area contributed by atoms with E-state index in [9.17, 15) is 8.42 Å². The van der Waals surface area contributed by atoms with E-state index in [4.69, 9.17) is 23.2 Å². The van der Waals surface area contributed by atoms with Crippen LogP contribution in [-0.2, 0) is 15.9 Å². The van der Waals surface area contributed by atoms with Crippen molar-refractivity contribution in [2.75, 3.05) is 13.1 Å². The molecule has 0 aromatic heterocycles. The van der Waals surface area contributed by atoms with Gasteiger partial charge in [0.25, 0.3) is 0 Å². The lowest BCUT2D eigenvalue weighted by Gasteiger charge is -2.22. The number of alkyl halides is 1. The minimum absolute atomic E-state index is 0.254. The summed E-state index contributed by atoms with van der Waals surface area (Å²) in [4.78, 5) is 0.281. The molecule has 0 N–H and O–H groups in total. The third-order valence-electron chi connectivity index (χ3n) is 3.71. The van der Waals surface area contributed by atoms with E-state index in [1.54, 1.807) is 17.3 Å². The van der Waals surface area contributed by atoms with E-state index in [1.807, 2.05) is 6.92 Å². The fourth-order valence-electron chi connectivity index (χ4n) is 2.24. The first kappa shape index (κ1) is 16.1. The predicted octanol–water partition coefficient (Wildman–Crippen LogP) is 3.81. The Labute approximate surface area is 130 Å². The van der Waals surface area contributed by atoms with Crippen LogP contribution in [0.3, 0.4) is 0 Å². The Morgan fingerprint density at radius 3 is 2.50 bits per heavy atom. The van der Waals surface area contributed by atoms with Gasteiger partial charge in [-0.2, -0.15) is 4.31 Å². The van der Waals surface area contributed by atoms with Gasteiger partial charge in [0, 0.05) is 24.0 Å². The fourth-order valence-corrected chi connectivity index (χ4v) is 4.64. The van der Waals surface area contributed by atoms with Crippen molar-refractivity contribution in [2.24, 2.45) is 5.92 Å². The molecule has 20 heavy (non-hydrogen) atoms. The molecule has 1 fully saturated rings. The van der Waals surface area contributed by atoms with Crippen molar-refractivity contribution in [1.29, 1.82) is 0 Å².